The van der Waals surface area contributed by atoms with E-state index in [2.05, 4.69) is 15.1 Å². The van der Waals surface area contributed by atoms with Gasteiger partial charge in [-0.15, -0.1) is 0 Å². The van der Waals surface area contributed by atoms with Gasteiger partial charge in [0.2, 0.25) is 5.89 Å². The molecule has 0 spiro atoms. The van der Waals surface area contributed by atoms with Gasteiger partial charge in [0.15, 0.2) is 5.82 Å². The van der Waals surface area contributed by atoms with Crippen LogP contribution in [0.5, 0.6) is 0 Å². The Morgan fingerprint density at radius 2 is 1.75 bits per heavy atom. The number of imidazole rings is 1. The Morgan fingerprint density at radius 3 is 2.58 bits per heavy atom. The van der Waals surface area contributed by atoms with Crippen molar-refractivity contribution < 1.29 is 9.63 Å². The van der Waals surface area contributed by atoms with Crippen molar-refractivity contribution in [2.24, 2.45) is 0 Å². The third-order valence-electron chi connectivity index (χ3n) is 3.88. The Balaban J connectivity index is 1.60. The minimum atomic E-state index is -0.139. The van der Waals surface area contributed by atoms with Gasteiger partial charge in [-0.2, -0.15) is 4.98 Å². The standard InChI is InChI=1S/C18H16N4O2/c23-12-17-19-14-8-4-5-9-15(14)22(17)11-18-20-16(21-24-18)10-13-6-2-1-3-7-13/h1-9,23H,10-12H2. The maximum absolute atomic E-state index is 9.55. The van der Waals surface area contributed by atoms with Crippen LogP contribution >= 0.6 is 0 Å². The molecule has 0 aliphatic carbocycles. The normalized spacial score (nSPS) is 11.2. The Hall–Kier alpha value is -2.99. The van der Waals surface area contributed by atoms with E-state index < -0.39 is 0 Å². The van der Waals surface area contributed by atoms with Gasteiger partial charge in [-0.1, -0.05) is 47.6 Å². The average molecular weight is 320 g/mol. The molecule has 0 amide bonds. The van der Waals surface area contributed by atoms with E-state index in [-0.39, 0.29) is 6.61 Å². The summed E-state index contributed by atoms with van der Waals surface area (Å²) in [5, 5.41) is 13.6. The third-order valence-corrected chi connectivity index (χ3v) is 3.88. The number of aromatic nitrogens is 4. The molecule has 6 heteroatoms. The largest absolute Gasteiger partial charge is 0.388 e. The third kappa shape index (κ3) is 2.79. The molecule has 6 nitrogen and oxygen atoms in total. The zero-order valence-electron chi connectivity index (χ0n) is 13.0. The number of aliphatic hydroxyl groups excluding tert-OH is 1. The number of nitrogens with zero attached hydrogens (tertiary/aromatic N) is 4. The van der Waals surface area contributed by atoms with Crippen LogP contribution < -0.4 is 0 Å². The van der Waals surface area contributed by atoms with Gasteiger partial charge in [-0.3, -0.25) is 0 Å². The monoisotopic (exact) mass is 320 g/mol. The van der Waals surface area contributed by atoms with Crippen LogP contribution in [0.15, 0.2) is 59.1 Å². The first-order valence-electron chi connectivity index (χ1n) is 7.74. The molecule has 4 rings (SSSR count). The number of hydrogen-bond donors (Lipinski definition) is 1. The second-order valence-corrected chi connectivity index (χ2v) is 5.53. The Morgan fingerprint density at radius 1 is 0.958 bits per heavy atom. The van der Waals surface area contributed by atoms with Crippen molar-refractivity contribution in [3.05, 3.63) is 77.7 Å². The van der Waals surface area contributed by atoms with Crippen LogP contribution in [0.1, 0.15) is 23.1 Å². The summed E-state index contributed by atoms with van der Waals surface area (Å²) in [5.74, 6) is 1.73. The lowest BCUT2D eigenvalue weighted by Crippen LogP contribution is -2.05. The average Bonchev–Trinajstić information content (AvgIpc) is 3.21. The Labute approximate surface area is 138 Å². The van der Waals surface area contributed by atoms with Crippen LogP contribution in [0.3, 0.4) is 0 Å². The molecule has 0 unspecified atom stereocenters. The summed E-state index contributed by atoms with van der Waals surface area (Å²) in [6, 6.07) is 17.8. The predicted molar refractivity (Wildman–Crippen MR) is 88.3 cm³/mol. The predicted octanol–water partition coefficient (Wildman–Crippen LogP) is 2.55. The van der Waals surface area contributed by atoms with Crippen LogP contribution in [0, 0.1) is 0 Å². The second kappa shape index (κ2) is 6.25. The van der Waals surface area contributed by atoms with Crippen molar-refractivity contribution in [2.45, 2.75) is 19.6 Å². The van der Waals surface area contributed by atoms with Crippen molar-refractivity contribution in [1.82, 2.24) is 19.7 Å². The number of aliphatic hydroxyl groups is 1. The molecule has 120 valence electrons. The maximum atomic E-state index is 9.55. The molecule has 0 saturated heterocycles. The summed E-state index contributed by atoms with van der Waals surface area (Å²) in [7, 11) is 0. The lowest BCUT2D eigenvalue weighted by molar-refractivity contribution is 0.264. The molecule has 0 saturated carbocycles. The molecule has 2 aromatic carbocycles. The topological polar surface area (TPSA) is 77.0 Å². The van der Waals surface area contributed by atoms with Gasteiger partial charge in [0.05, 0.1) is 11.0 Å². The molecule has 0 aliphatic rings. The highest BCUT2D eigenvalue weighted by Crippen LogP contribution is 2.18. The van der Waals surface area contributed by atoms with Gasteiger partial charge >= 0.3 is 0 Å². The minimum absolute atomic E-state index is 0.139. The van der Waals surface area contributed by atoms with E-state index in [1.807, 2.05) is 59.2 Å². The Bertz CT molecular complexity index is 959. The summed E-state index contributed by atoms with van der Waals surface area (Å²) in [5.41, 5.74) is 2.91. The van der Waals surface area contributed by atoms with Crippen LogP contribution in [0.2, 0.25) is 0 Å². The summed E-state index contributed by atoms with van der Waals surface area (Å²) in [6.07, 6.45) is 0.627. The summed E-state index contributed by atoms with van der Waals surface area (Å²) < 4.78 is 7.27. The van der Waals surface area contributed by atoms with Crippen molar-refractivity contribution in [3.8, 4) is 0 Å². The van der Waals surface area contributed by atoms with E-state index in [0.29, 0.717) is 30.5 Å². The van der Waals surface area contributed by atoms with Crippen LogP contribution in [-0.4, -0.2) is 24.8 Å². The zero-order chi connectivity index (χ0) is 16.4. The van der Waals surface area contributed by atoms with Gasteiger partial charge in [-0.25, -0.2) is 4.98 Å². The van der Waals surface area contributed by atoms with Gasteiger partial charge in [-0.05, 0) is 17.7 Å². The van der Waals surface area contributed by atoms with Crippen LogP contribution in [0.4, 0.5) is 0 Å². The molecule has 2 heterocycles. The van der Waals surface area contributed by atoms with Gasteiger partial charge in [0.25, 0.3) is 0 Å². The summed E-state index contributed by atoms with van der Waals surface area (Å²) in [6.45, 7) is 0.248. The lowest BCUT2D eigenvalue weighted by Gasteiger charge is -2.03. The van der Waals surface area contributed by atoms with Crippen LogP contribution in [-0.2, 0) is 19.6 Å². The molecule has 2 aromatic heterocycles. The van der Waals surface area contributed by atoms with Gasteiger partial charge in [0, 0.05) is 6.42 Å². The first kappa shape index (κ1) is 14.6. The van der Waals surface area contributed by atoms with Crippen molar-refractivity contribution in [1.29, 1.82) is 0 Å². The van der Waals surface area contributed by atoms with Crippen molar-refractivity contribution in [2.75, 3.05) is 0 Å². The lowest BCUT2D eigenvalue weighted by atomic mass is 10.1. The molecule has 0 atom stereocenters. The number of hydrogen-bond acceptors (Lipinski definition) is 5. The van der Waals surface area contributed by atoms with E-state index in [9.17, 15) is 5.11 Å². The molecule has 0 bridgehead atoms. The van der Waals surface area contributed by atoms with Crippen molar-refractivity contribution in [3.63, 3.8) is 0 Å². The molecular formula is C18H16N4O2. The highest BCUT2D eigenvalue weighted by atomic mass is 16.5. The molecule has 4 aromatic rings. The fourth-order valence-electron chi connectivity index (χ4n) is 2.76. The quantitative estimate of drug-likeness (QED) is 0.611. The molecule has 24 heavy (non-hydrogen) atoms. The molecule has 0 radical (unpaired) electrons. The zero-order valence-corrected chi connectivity index (χ0v) is 13.0. The second-order valence-electron chi connectivity index (χ2n) is 5.53. The van der Waals surface area contributed by atoms with E-state index >= 15 is 0 Å². The fourth-order valence-corrected chi connectivity index (χ4v) is 2.76. The van der Waals surface area contributed by atoms with E-state index in [4.69, 9.17) is 4.52 Å². The molecule has 0 aliphatic heterocycles. The van der Waals surface area contributed by atoms with Gasteiger partial charge in [0.1, 0.15) is 19.0 Å². The fraction of sp³-hybridized carbons (Fsp3) is 0.167. The first-order chi connectivity index (χ1) is 11.8. The van der Waals surface area contributed by atoms with Gasteiger partial charge < -0.3 is 14.2 Å². The van der Waals surface area contributed by atoms with Crippen molar-refractivity contribution >= 4 is 11.0 Å². The highest BCUT2D eigenvalue weighted by Gasteiger charge is 2.14. The first-order valence-corrected chi connectivity index (χ1v) is 7.74. The smallest absolute Gasteiger partial charge is 0.246 e. The van der Waals surface area contributed by atoms with E-state index in [1.54, 1.807) is 0 Å². The molecule has 0 fully saturated rings. The maximum Gasteiger partial charge on any atom is 0.246 e. The van der Waals surface area contributed by atoms with E-state index in [0.717, 1.165) is 16.6 Å². The number of para-hydroxylation sites is 2. The van der Waals surface area contributed by atoms with Crippen LogP contribution in [0.25, 0.3) is 11.0 Å². The molecule has 1 N–H and O–H groups in total. The summed E-state index contributed by atoms with van der Waals surface area (Å²) >= 11 is 0. The summed E-state index contributed by atoms with van der Waals surface area (Å²) in [4.78, 5) is 8.88. The number of benzene rings is 2. The van der Waals surface area contributed by atoms with E-state index in [1.165, 1.54) is 0 Å². The SMILES string of the molecule is OCc1nc2ccccc2n1Cc1nc(Cc2ccccc2)no1. The molecular weight excluding hydrogens is 304 g/mol. The number of rotatable bonds is 5. The minimum Gasteiger partial charge on any atom is -0.388 e. The number of fused-ring (bicyclic) bond motifs is 1. The highest BCUT2D eigenvalue weighted by molar-refractivity contribution is 5.75. The Kier molecular flexibility index (Phi) is 3.80.